The highest BCUT2D eigenvalue weighted by molar-refractivity contribution is 7.80. The first-order valence-corrected chi connectivity index (χ1v) is 8.33. The summed E-state index contributed by atoms with van der Waals surface area (Å²) < 4.78 is 0. The van der Waals surface area contributed by atoms with Crippen LogP contribution >= 0.6 is 12.2 Å². The number of thiocarbonyl (C=S) groups is 1. The quantitative estimate of drug-likeness (QED) is 0.842. The Kier molecular flexibility index (Phi) is 4.34. The summed E-state index contributed by atoms with van der Waals surface area (Å²) >= 11 is 5.42. The van der Waals surface area contributed by atoms with Gasteiger partial charge in [-0.05, 0) is 67.6 Å². The van der Waals surface area contributed by atoms with Crippen molar-refractivity contribution in [3.05, 3.63) is 29.8 Å². The standard InChI is InChI=1S/C17H23N3OS/c1-20(2)16(21)12-5-7-14(8-6-12)18-17(22)19-15-10-11-3-4-13(15)9-11/h5-8,11,13,15H,3-4,9-10H2,1-2H3,(H2,18,19,22)/t11-,13-,15-/m0/s1. The zero-order chi connectivity index (χ0) is 15.7. The van der Waals surface area contributed by atoms with Crippen LogP contribution in [0.25, 0.3) is 0 Å². The second-order valence-electron chi connectivity index (χ2n) is 6.66. The van der Waals surface area contributed by atoms with Crippen LogP contribution < -0.4 is 10.6 Å². The first-order valence-electron chi connectivity index (χ1n) is 7.92. The van der Waals surface area contributed by atoms with Crippen molar-refractivity contribution >= 4 is 28.9 Å². The lowest BCUT2D eigenvalue weighted by atomic mass is 9.96. The summed E-state index contributed by atoms with van der Waals surface area (Å²) in [4.78, 5) is 13.4. The molecule has 2 bridgehead atoms. The van der Waals surface area contributed by atoms with Crippen LogP contribution in [0.1, 0.15) is 36.0 Å². The fourth-order valence-electron chi connectivity index (χ4n) is 3.71. The Balaban J connectivity index is 1.54. The molecule has 1 aromatic carbocycles. The molecule has 22 heavy (non-hydrogen) atoms. The topological polar surface area (TPSA) is 44.4 Å². The lowest BCUT2D eigenvalue weighted by Gasteiger charge is -2.24. The molecule has 0 heterocycles. The number of amides is 1. The minimum atomic E-state index is 0.00855. The molecule has 0 unspecified atom stereocenters. The summed E-state index contributed by atoms with van der Waals surface area (Å²) in [7, 11) is 3.51. The normalized spacial score (nSPS) is 25.8. The summed E-state index contributed by atoms with van der Waals surface area (Å²) in [5, 5.41) is 7.36. The Bertz CT molecular complexity index is 570. The van der Waals surface area contributed by atoms with Crippen LogP contribution in [0.15, 0.2) is 24.3 Å². The number of nitrogens with one attached hydrogen (secondary N) is 2. The fourth-order valence-corrected chi connectivity index (χ4v) is 3.98. The number of rotatable bonds is 3. The van der Waals surface area contributed by atoms with E-state index in [0.29, 0.717) is 16.7 Å². The molecule has 0 aliphatic heterocycles. The van der Waals surface area contributed by atoms with Gasteiger partial charge in [0.05, 0.1) is 0 Å². The number of nitrogens with zero attached hydrogens (tertiary/aromatic N) is 1. The van der Waals surface area contributed by atoms with Crippen molar-refractivity contribution in [3.63, 3.8) is 0 Å². The molecule has 0 aromatic heterocycles. The summed E-state index contributed by atoms with van der Waals surface area (Å²) in [6, 6.07) is 7.97. The van der Waals surface area contributed by atoms with E-state index in [1.807, 2.05) is 24.3 Å². The Morgan fingerprint density at radius 2 is 1.91 bits per heavy atom. The Morgan fingerprint density at radius 3 is 2.45 bits per heavy atom. The van der Waals surface area contributed by atoms with E-state index in [-0.39, 0.29) is 5.91 Å². The number of anilines is 1. The van der Waals surface area contributed by atoms with Gasteiger partial charge in [0.15, 0.2) is 5.11 Å². The molecule has 2 N–H and O–H groups in total. The van der Waals surface area contributed by atoms with Crippen LogP contribution in [0.5, 0.6) is 0 Å². The van der Waals surface area contributed by atoms with Crippen molar-refractivity contribution in [1.29, 1.82) is 0 Å². The van der Waals surface area contributed by atoms with Crippen molar-refractivity contribution in [2.45, 2.75) is 31.7 Å². The van der Waals surface area contributed by atoms with E-state index >= 15 is 0 Å². The first-order chi connectivity index (χ1) is 10.5. The fraction of sp³-hybridized carbons (Fsp3) is 0.529. The van der Waals surface area contributed by atoms with Gasteiger partial charge >= 0.3 is 0 Å². The van der Waals surface area contributed by atoms with Crippen molar-refractivity contribution in [1.82, 2.24) is 10.2 Å². The van der Waals surface area contributed by atoms with Gasteiger partial charge in [0.1, 0.15) is 0 Å². The maximum atomic E-state index is 11.8. The molecule has 0 saturated heterocycles. The number of carbonyl (C=O) groups is 1. The van der Waals surface area contributed by atoms with Gasteiger partial charge in [-0.15, -0.1) is 0 Å². The minimum absolute atomic E-state index is 0.00855. The highest BCUT2D eigenvalue weighted by atomic mass is 32.1. The molecular formula is C17H23N3OS. The van der Waals surface area contributed by atoms with Gasteiger partial charge in [-0.1, -0.05) is 6.42 Å². The van der Waals surface area contributed by atoms with Crippen molar-refractivity contribution in [3.8, 4) is 0 Å². The SMILES string of the molecule is CN(C)C(=O)c1ccc(NC(=S)N[C@H]2C[C@H]3CC[C@H]2C3)cc1. The smallest absolute Gasteiger partial charge is 0.253 e. The summed E-state index contributed by atoms with van der Waals surface area (Å²) in [6.07, 6.45) is 5.35. The monoisotopic (exact) mass is 317 g/mol. The third-order valence-corrected chi connectivity index (χ3v) is 5.07. The Morgan fingerprint density at radius 1 is 1.18 bits per heavy atom. The van der Waals surface area contributed by atoms with E-state index in [1.165, 1.54) is 25.7 Å². The lowest BCUT2D eigenvalue weighted by molar-refractivity contribution is 0.0827. The molecule has 2 saturated carbocycles. The molecular weight excluding hydrogens is 294 g/mol. The maximum absolute atomic E-state index is 11.8. The second kappa shape index (κ2) is 6.24. The number of hydrogen-bond donors (Lipinski definition) is 2. The Labute approximate surface area is 137 Å². The molecule has 2 aliphatic carbocycles. The second-order valence-corrected chi connectivity index (χ2v) is 7.06. The van der Waals surface area contributed by atoms with Crippen molar-refractivity contribution in [2.24, 2.45) is 11.8 Å². The molecule has 2 aliphatic rings. The molecule has 4 nitrogen and oxygen atoms in total. The molecule has 2 fully saturated rings. The predicted octanol–water partition coefficient (Wildman–Crippen LogP) is 2.86. The van der Waals surface area contributed by atoms with Crippen LogP contribution in [0.2, 0.25) is 0 Å². The molecule has 118 valence electrons. The van der Waals surface area contributed by atoms with Crippen molar-refractivity contribution < 1.29 is 4.79 Å². The number of fused-ring (bicyclic) bond motifs is 2. The van der Waals surface area contributed by atoms with Crippen LogP contribution in [-0.4, -0.2) is 36.1 Å². The predicted molar refractivity (Wildman–Crippen MR) is 93.1 cm³/mol. The highest BCUT2D eigenvalue weighted by Gasteiger charge is 2.39. The number of benzene rings is 1. The van der Waals surface area contributed by atoms with Crippen LogP contribution in [0, 0.1) is 11.8 Å². The molecule has 0 radical (unpaired) electrons. The average Bonchev–Trinajstić information content (AvgIpc) is 3.09. The summed E-state index contributed by atoms with van der Waals surface area (Å²) in [5.41, 5.74) is 1.60. The minimum Gasteiger partial charge on any atom is -0.359 e. The molecule has 3 atom stereocenters. The number of hydrogen-bond acceptors (Lipinski definition) is 2. The maximum Gasteiger partial charge on any atom is 0.253 e. The van der Waals surface area contributed by atoms with Gasteiger partial charge in [-0.3, -0.25) is 4.79 Å². The van der Waals surface area contributed by atoms with Crippen LogP contribution in [0.4, 0.5) is 5.69 Å². The van der Waals surface area contributed by atoms with E-state index < -0.39 is 0 Å². The molecule has 3 rings (SSSR count). The van der Waals surface area contributed by atoms with E-state index in [2.05, 4.69) is 10.6 Å². The van der Waals surface area contributed by atoms with Gasteiger partial charge in [0.25, 0.3) is 5.91 Å². The largest absolute Gasteiger partial charge is 0.359 e. The molecule has 1 aromatic rings. The highest BCUT2D eigenvalue weighted by Crippen LogP contribution is 2.44. The van der Waals surface area contributed by atoms with Crippen molar-refractivity contribution in [2.75, 3.05) is 19.4 Å². The van der Waals surface area contributed by atoms with E-state index in [9.17, 15) is 4.79 Å². The molecule has 0 spiro atoms. The zero-order valence-corrected chi connectivity index (χ0v) is 14.0. The van der Waals surface area contributed by atoms with Gasteiger partial charge in [0.2, 0.25) is 0 Å². The van der Waals surface area contributed by atoms with Gasteiger partial charge in [-0.25, -0.2) is 0 Å². The van der Waals surface area contributed by atoms with Crippen LogP contribution in [0.3, 0.4) is 0 Å². The van der Waals surface area contributed by atoms with Gasteiger partial charge < -0.3 is 15.5 Å². The molecule has 1 amide bonds. The third-order valence-electron chi connectivity index (χ3n) is 4.85. The third kappa shape index (κ3) is 3.24. The van der Waals surface area contributed by atoms with Gasteiger partial charge in [0, 0.05) is 31.4 Å². The summed E-state index contributed by atoms with van der Waals surface area (Å²) in [5.74, 6) is 1.71. The van der Waals surface area contributed by atoms with Gasteiger partial charge in [-0.2, -0.15) is 0 Å². The van der Waals surface area contributed by atoms with Crippen LogP contribution in [-0.2, 0) is 0 Å². The Hall–Kier alpha value is -1.62. The average molecular weight is 317 g/mol. The first kappa shape index (κ1) is 15.3. The number of carbonyl (C=O) groups excluding carboxylic acids is 1. The summed E-state index contributed by atoms with van der Waals surface area (Å²) in [6.45, 7) is 0. The molecule has 5 heteroatoms. The van der Waals surface area contributed by atoms with E-state index in [4.69, 9.17) is 12.2 Å². The van der Waals surface area contributed by atoms with E-state index in [0.717, 1.165) is 17.5 Å². The zero-order valence-electron chi connectivity index (χ0n) is 13.1. The van der Waals surface area contributed by atoms with E-state index in [1.54, 1.807) is 19.0 Å². The lowest BCUT2D eigenvalue weighted by Crippen LogP contribution is -2.40.